The molecule has 0 amide bonds. The lowest BCUT2D eigenvalue weighted by atomic mass is 10.3. The molecule has 1 aromatic rings. The Hall–Kier alpha value is -0.510. The second kappa shape index (κ2) is 5.27. The van der Waals surface area contributed by atoms with Gasteiger partial charge in [-0.05, 0) is 19.8 Å². The van der Waals surface area contributed by atoms with Gasteiger partial charge in [0.2, 0.25) is 0 Å². The van der Waals surface area contributed by atoms with Crippen molar-refractivity contribution in [1.29, 1.82) is 0 Å². The Morgan fingerprint density at radius 3 is 2.54 bits per heavy atom. The fourth-order valence-corrected chi connectivity index (χ4v) is 1.64. The second-order valence-electron chi connectivity index (χ2n) is 2.96. The summed E-state index contributed by atoms with van der Waals surface area (Å²) in [5.74, 6) is 0. The second-order valence-corrected chi connectivity index (χ2v) is 3.75. The molecule has 3 nitrogen and oxygen atoms in total. The third-order valence-electron chi connectivity index (χ3n) is 2.04. The van der Waals surface area contributed by atoms with Crippen molar-refractivity contribution in [3.63, 3.8) is 0 Å². The van der Waals surface area contributed by atoms with Gasteiger partial charge in [-0.25, -0.2) is 4.79 Å². The summed E-state index contributed by atoms with van der Waals surface area (Å²) in [4.78, 5) is 11.5. The Kier molecular flexibility index (Phi) is 4.28. The van der Waals surface area contributed by atoms with Crippen LogP contribution in [-0.4, -0.2) is 14.5 Å². The van der Waals surface area contributed by atoms with Gasteiger partial charge in [-0.2, -0.15) is 0 Å². The van der Waals surface area contributed by atoms with E-state index in [0.717, 1.165) is 31.3 Å². The van der Waals surface area contributed by atoms with E-state index in [1.54, 1.807) is 9.13 Å². The molecule has 0 atom stereocenters. The summed E-state index contributed by atoms with van der Waals surface area (Å²) in [6.07, 6.45) is 5.87. The van der Waals surface area contributed by atoms with E-state index in [4.69, 9.17) is 0 Å². The number of unbranched alkanes of at least 4 members (excludes halogenated alkanes) is 1. The molecule has 0 unspecified atom stereocenters. The zero-order valence-corrected chi connectivity index (χ0v) is 9.46. The number of rotatable bonds is 5. The van der Waals surface area contributed by atoms with Crippen molar-refractivity contribution in [1.82, 2.24) is 9.13 Å². The van der Waals surface area contributed by atoms with Gasteiger partial charge in [0.1, 0.15) is 0 Å². The maximum atomic E-state index is 11.5. The number of halogens is 1. The number of hydrogen-bond donors (Lipinski definition) is 0. The van der Waals surface area contributed by atoms with Crippen LogP contribution in [0.5, 0.6) is 0 Å². The molecule has 1 rings (SSSR count). The van der Waals surface area contributed by atoms with Gasteiger partial charge in [-0.1, -0.05) is 15.9 Å². The van der Waals surface area contributed by atoms with Crippen molar-refractivity contribution in [2.75, 3.05) is 5.33 Å². The first-order chi connectivity index (χ1) is 6.29. The molecule has 0 aliphatic carbocycles. The first kappa shape index (κ1) is 10.6. The summed E-state index contributed by atoms with van der Waals surface area (Å²) in [6.45, 7) is 3.56. The van der Waals surface area contributed by atoms with Gasteiger partial charge in [-0.15, -0.1) is 0 Å². The predicted octanol–water partition coefficient (Wildman–Crippen LogP) is 1.84. The van der Waals surface area contributed by atoms with Gasteiger partial charge in [0, 0.05) is 30.8 Å². The maximum absolute atomic E-state index is 11.5. The van der Waals surface area contributed by atoms with E-state index in [0.29, 0.717) is 0 Å². The Bertz CT molecular complexity index is 303. The van der Waals surface area contributed by atoms with Crippen molar-refractivity contribution >= 4 is 15.9 Å². The predicted molar refractivity (Wildman–Crippen MR) is 57.4 cm³/mol. The smallest absolute Gasteiger partial charge is 0.300 e. The van der Waals surface area contributed by atoms with Crippen LogP contribution in [-0.2, 0) is 13.1 Å². The minimum atomic E-state index is 0.108. The molecule has 13 heavy (non-hydrogen) atoms. The fraction of sp³-hybridized carbons (Fsp3) is 0.667. The third-order valence-corrected chi connectivity index (χ3v) is 2.60. The number of aryl methyl sites for hydroxylation is 2. The van der Waals surface area contributed by atoms with Gasteiger partial charge in [0.25, 0.3) is 0 Å². The standard InChI is InChI=1S/C9H15BrN2O/c1-2-11-7-8-12(9(11)13)6-4-3-5-10/h7-8H,2-6H2,1H3. The summed E-state index contributed by atoms with van der Waals surface area (Å²) < 4.78 is 3.49. The largest absolute Gasteiger partial charge is 0.328 e. The zero-order valence-electron chi connectivity index (χ0n) is 7.87. The number of aromatic nitrogens is 2. The van der Waals surface area contributed by atoms with Crippen molar-refractivity contribution in [3.05, 3.63) is 22.9 Å². The monoisotopic (exact) mass is 246 g/mol. The average Bonchev–Trinajstić information content (AvgIpc) is 2.48. The molecule has 0 fully saturated rings. The van der Waals surface area contributed by atoms with Gasteiger partial charge < -0.3 is 0 Å². The lowest BCUT2D eigenvalue weighted by Gasteiger charge is -1.99. The van der Waals surface area contributed by atoms with E-state index in [1.807, 2.05) is 19.3 Å². The van der Waals surface area contributed by atoms with Crippen LogP contribution in [0.15, 0.2) is 17.2 Å². The molecule has 4 heteroatoms. The Morgan fingerprint density at radius 1 is 1.31 bits per heavy atom. The molecule has 1 aromatic heterocycles. The minimum absolute atomic E-state index is 0.108. The van der Waals surface area contributed by atoms with Crippen LogP contribution in [0, 0.1) is 0 Å². The normalized spacial score (nSPS) is 10.6. The highest BCUT2D eigenvalue weighted by Gasteiger charge is 1.99. The lowest BCUT2D eigenvalue weighted by molar-refractivity contribution is 0.592. The molecule has 0 spiro atoms. The van der Waals surface area contributed by atoms with Gasteiger partial charge in [0.05, 0.1) is 0 Å². The number of alkyl halides is 1. The van der Waals surface area contributed by atoms with Gasteiger partial charge >= 0.3 is 5.69 Å². The summed E-state index contributed by atoms with van der Waals surface area (Å²) in [5, 5.41) is 1.01. The Morgan fingerprint density at radius 2 is 2.00 bits per heavy atom. The molecular weight excluding hydrogens is 232 g/mol. The van der Waals surface area contributed by atoms with Crippen molar-refractivity contribution in [2.24, 2.45) is 0 Å². The maximum Gasteiger partial charge on any atom is 0.328 e. The summed E-state index contributed by atoms with van der Waals surface area (Å²) in [5.41, 5.74) is 0.108. The van der Waals surface area contributed by atoms with Crippen LogP contribution in [0.4, 0.5) is 0 Å². The van der Waals surface area contributed by atoms with Crippen LogP contribution in [0.3, 0.4) is 0 Å². The first-order valence-electron chi connectivity index (χ1n) is 4.61. The molecule has 1 heterocycles. The van der Waals surface area contributed by atoms with E-state index in [1.165, 1.54) is 0 Å². The first-order valence-corrected chi connectivity index (χ1v) is 5.73. The van der Waals surface area contributed by atoms with Crippen molar-refractivity contribution in [2.45, 2.75) is 32.9 Å². The topological polar surface area (TPSA) is 26.9 Å². The molecule has 0 saturated heterocycles. The molecule has 0 N–H and O–H groups in total. The minimum Gasteiger partial charge on any atom is -0.300 e. The Balaban J connectivity index is 2.57. The number of nitrogens with zero attached hydrogens (tertiary/aromatic N) is 2. The van der Waals surface area contributed by atoms with E-state index in [9.17, 15) is 4.79 Å². The number of imidazole rings is 1. The molecule has 0 saturated carbocycles. The summed E-state index contributed by atoms with van der Waals surface area (Å²) in [6, 6.07) is 0. The van der Waals surface area contributed by atoms with E-state index in [-0.39, 0.29) is 5.69 Å². The summed E-state index contributed by atoms with van der Waals surface area (Å²) in [7, 11) is 0. The highest BCUT2D eigenvalue weighted by molar-refractivity contribution is 9.09. The molecule has 0 aliphatic heterocycles. The SMILES string of the molecule is CCn1ccn(CCCCBr)c1=O. The zero-order chi connectivity index (χ0) is 9.68. The van der Waals surface area contributed by atoms with Crippen LogP contribution < -0.4 is 5.69 Å². The van der Waals surface area contributed by atoms with E-state index < -0.39 is 0 Å². The molecular formula is C9H15BrN2O. The van der Waals surface area contributed by atoms with Gasteiger partial charge in [-0.3, -0.25) is 9.13 Å². The van der Waals surface area contributed by atoms with Crippen LogP contribution >= 0.6 is 15.9 Å². The van der Waals surface area contributed by atoms with Crippen molar-refractivity contribution in [3.8, 4) is 0 Å². The highest BCUT2D eigenvalue weighted by Crippen LogP contribution is 1.96. The highest BCUT2D eigenvalue weighted by atomic mass is 79.9. The van der Waals surface area contributed by atoms with E-state index >= 15 is 0 Å². The van der Waals surface area contributed by atoms with Crippen molar-refractivity contribution < 1.29 is 0 Å². The molecule has 0 aliphatic rings. The Labute approximate surface area is 86.5 Å². The van der Waals surface area contributed by atoms with Crippen LogP contribution in [0.2, 0.25) is 0 Å². The number of hydrogen-bond acceptors (Lipinski definition) is 1. The van der Waals surface area contributed by atoms with Crippen LogP contribution in [0.25, 0.3) is 0 Å². The lowest BCUT2D eigenvalue weighted by Crippen LogP contribution is -2.23. The third kappa shape index (κ3) is 2.72. The quantitative estimate of drug-likeness (QED) is 0.576. The van der Waals surface area contributed by atoms with E-state index in [2.05, 4.69) is 15.9 Å². The molecule has 0 bridgehead atoms. The van der Waals surface area contributed by atoms with Crippen LogP contribution in [0.1, 0.15) is 19.8 Å². The van der Waals surface area contributed by atoms with Gasteiger partial charge in [0.15, 0.2) is 0 Å². The fourth-order valence-electron chi connectivity index (χ4n) is 1.24. The molecule has 0 radical (unpaired) electrons. The average molecular weight is 247 g/mol. The summed E-state index contributed by atoms with van der Waals surface area (Å²) >= 11 is 3.37. The molecule has 74 valence electrons. The molecule has 0 aromatic carbocycles.